The number of methoxy groups -OCH3 is 1. The fourth-order valence-electron chi connectivity index (χ4n) is 2.82. The van der Waals surface area contributed by atoms with Crippen molar-refractivity contribution < 1.29 is 29.0 Å². The summed E-state index contributed by atoms with van der Waals surface area (Å²) in [7, 11) is 1.55. The van der Waals surface area contributed by atoms with Gasteiger partial charge in [0.2, 0.25) is 5.91 Å². The summed E-state index contributed by atoms with van der Waals surface area (Å²) in [6, 6.07) is 6.71. The number of nitrogens with one attached hydrogen (secondary N) is 2. The van der Waals surface area contributed by atoms with Crippen molar-refractivity contribution in [1.29, 1.82) is 0 Å². The lowest BCUT2D eigenvalue weighted by molar-refractivity contribution is -0.149. The predicted octanol–water partition coefficient (Wildman–Crippen LogP) is 1.11. The van der Waals surface area contributed by atoms with E-state index in [4.69, 9.17) is 9.47 Å². The van der Waals surface area contributed by atoms with E-state index in [0.717, 1.165) is 12.8 Å². The van der Waals surface area contributed by atoms with Gasteiger partial charge in [-0.2, -0.15) is 0 Å². The number of ether oxygens (including phenoxy) is 2. The van der Waals surface area contributed by atoms with Crippen LogP contribution in [0.3, 0.4) is 0 Å². The van der Waals surface area contributed by atoms with Crippen molar-refractivity contribution >= 4 is 17.8 Å². The van der Waals surface area contributed by atoms with Gasteiger partial charge in [0.1, 0.15) is 11.5 Å². The summed E-state index contributed by atoms with van der Waals surface area (Å²) in [6.45, 7) is -0.278. The van der Waals surface area contributed by atoms with Gasteiger partial charge in [-0.15, -0.1) is 0 Å². The third-order valence-corrected chi connectivity index (χ3v) is 4.17. The Morgan fingerprint density at radius 1 is 1.04 bits per heavy atom. The standard InChI is InChI=1S/C17H22N2O6/c1-24-11-6-8-12(9-7-11)25-10-15(20)18-19-16(21)13-4-2-3-5-14(13)17(22)23/h6-9,13-14H,2-5,10H2,1H3,(H,18,20)(H,19,21)(H,22,23). The SMILES string of the molecule is COc1ccc(OCC(=O)NNC(=O)C2CCCCC2C(=O)O)cc1. The molecule has 8 nitrogen and oxygen atoms in total. The molecule has 1 fully saturated rings. The van der Waals surface area contributed by atoms with Gasteiger partial charge in [0.05, 0.1) is 18.9 Å². The van der Waals surface area contributed by atoms with Crippen molar-refractivity contribution in [2.45, 2.75) is 25.7 Å². The van der Waals surface area contributed by atoms with Gasteiger partial charge in [-0.3, -0.25) is 25.2 Å². The van der Waals surface area contributed by atoms with Crippen molar-refractivity contribution in [3.63, 3.8) is 0 Å². The van der Waals surface area contributed by atoms with Gasteiger partial charge in [-0.05, 0) is 37.1 Å². The summed E-state index contributed by atoms with van der Waals surface area (Å²) in [4.78, 5) is 35.1. The van der Waals surface area contributed by atoms with Crippen LogP contribution >= 0.6 is 0 Å². The molecule has 1 aliphatic carbocycles. The highest BCUT2D eigenvalue weighted by Gasteiger charge is 2.35. The Balaban J connectivity index is 1.76. The fourth-order valence-corrected chi connectivity index (χ4v) is 2.82. The number of hydrogen-bond acceptors (Lipinski definition) is 5. The Bertz CT molecular complexity index is 616. The average Bonchev–Trinajstić information content (AvgIpc) is 2.64. The maximum atomic E-state index is 12.1. The van der Waals surface area contributed by atoms with Crippen molar-refractivity contribution in [2.24, 2.45) is 11.8 Å². The van der Waals surface area contributed by atoms with Crippen LogP contribution in [0.1, 0.15) is 25.7 Å². The highest BCUT2D eigenvalue weighted by molar-refractivity contribution is 5.87. The summed E-state index contributed by atoms with van der Waals surface area (Å²) in [5.74, 6) is -2.17. The quantitative estimate of drug-likeness (QED) is 0.662. The first kappa shape index (κ1) is 18.6. The molecular weight excluding hydrogens is 328 g/mol. The van der Waals surface area contributed by atoms with Crippen LogP contribution in [-0.4, -0.2) is 36.6 Å². The number of hydrazine groups is 1. The van der Waals surface area contributed by atoms with Crippen LogP contribution in [-0.2, 0) is 14.4 Å². The maximum absolute atomic E-state index is 12.1. The van der Waals surface area contributed by atoms with Gasteiger partial charge in [0, 0.05) is 0 Å². The number of rotatable bonds is 6. The van der Waals surface area contributed by atoms with E-state index >= 15 is 0 Å². The second-order valence-electron chi connectivity index (χ2n) is 5.84. The van der Waals surface area contributed by atoms with Gasteiger partial charge >= 0.3 is 5.97 Å². The van der Waals surface area contributed by atoms with Gasteiger partial charge in [0.25, 0.3) is 5.91 Å². The van der Waals surface area contributed by atoms with Crippen LogP contribution in [0.5, 0.6) is 11.5 Å². The summed E-state index contributed by atoms with van der Waals surface area (Å²) >= 11 is 0. The maximum Gasteiger partial charge on any atom is 0.307 e. The van der Waals surface area contributed by atoms with Gasteiger partial charge in [-0.25, -0.2) is 0 Å². The molecule has 1 saturated carbocycles. The van der Waals surface area contributed by atoms with E-state index in [1.165, 1.54) is 0 Å². The summed E-state index contributed by atoms with van der Waals surface area (Å²) in [6.07, 6.45) is 2.57. The van der Waals surface area contributed by atoms with Crippen LogP contribution in [0.15, 0.2) is 24.3 Å². The van der Waals surface area contributed by atoms with Crippen LogP contribution < -0.4 is 20.3 Å². The number of amides is 2. The highest BCUT2D eigenvalue weighted by atomic mass is 16.5. The third-order valence-electron chi connectivity index (χ3n) is 4.17. The molecule has 1 aromatic rings. The molecule has 2 rings (SSSR count). The number of aliphatic carboxylic acids is 1. The number of carboxylic acids is 1. The largest absolute Gasteiger partial charge is 0.497 e. The molecule has 0 saturated heterocycles. The first-order valence-corrected chi connectivity index (χ1v) is 8.09. The van der Waals surface area contributed by atoms with Gasteiger partial charge < -0.3 is 14.6 Å². The van der Waals surface area contributed by atoms with Crippen molar-refractivity contribution in [3.8, 4) is 11.5 Å². The smallest absolute Gasteiger partial charge is 0.307 e. The second-order valence-corrected chi connectivity index (χ2v) is 5.84. The van der Waals surface area contributed by atoms with Crippen LogP contribution in [0.2, 0.25) is 0 Å². The molecule has 1 aromatic carbocycles. The van der Waals surface area contributed by atoms with E-state index in [2.05, 4.69) is 10.9 Å². The molecule has 136 valence electrons. The molecule has 1 aliphatic rings. The monoisotopic (exact) mass is 350 g/mol. The molecule has 25 heavy (non-hydrogen) atoms. The minimum Gasteiger partial charge on any atom is -0.497 e. The van der Waals surface area contributed by atoms with Gasteiger partial charge in [0.15, 0.2) is 6.61 Å². The zero-order valence-electron chi connectivity index (χ0n) is 14.0. The fraction of sp³-hybridized carbons (Fsp3) is 0.471. The Morgan fingerprint density at radius 2 is 1.64 bits per heavy atom. The number of carbonyl (C=O) groups is 3. The molecule has 0 aromatic heterocycles. The zero-order valence-corrected chi connectivity index (χ0v) is 14.0. The molecular formula is C17H22N2O6. The molecule has 2 atom stereocenters. The van der Waals surface area contributed by atoms with E-state index in [1.807, 2.05) is 0 Å². The Kier molecular flexibility index (Phi) is 6.62. The van der Waals surface area contributed by atoms with Crippen LogP contribution in [0, 0.1) is 11.8 Å². The first-order valence-electron chi connectivity index (χ1n) is 8.09. The summed E-state index contributed by atoms with van der Waals surface area (Å²) in [5.41, 5.74) is 4.54. The summed E-state index contributed by atoms with van der Waals surface area (Å²) in [5, 5.41) is 9.19. The van der Waals surface area contributed by atoms with Gasteiger partial charge in [-0.1, -0.05) is 12.8 Å². The van der Waals surface area contributed by atoms with Crippen LogP contribution in [0.4, 0.5) is 0 Å². The Labute approximate surface area is 145 Å². The molecule has 2 unspecified atom stereocenters. The molecule has 0 aliphatic heterocycles. The molecule has 2 amide bonds. The average molecular weight is 350 g/mol. The van der Waals surface area contributed by atoms with Crippen LogP contribution in [0.25, 0.3) is 0 Å². The van der Waals surface area contributed by atoms with E-state index in [-0.39, 0.29) is 6.61 Å². The Hall–Kier alpha value is -2.77. The second kappa shape index (κ2) is 8.91. The molecule has 0 spiro atoms. The molecule has 8 heteroatoms. The van der Waals surface area contributed by atoms with E-state index in [9.17, 15) is 19.5 Å². The Morgan fingerprint density at radius 3 is 2.24 bits per heavy atom. The van der Waals surface area contributed by atoms with Crippen molar-refractivity contribution in [3.05, 3.63) is 24.3 Å². The molecule has 3 N–H and O–H groups in total. The minimum atomic E-state index is -0.978. The number of carboxylic acid groups (broad SMARTS) is 1. The van der Waals surface area contributed by atoms with Crippen molar-refractivity contribution in [2.75, 3.05) is 13.7 Å². The predicted molar refractivity (Wildman–Crippen MR) is 87.9 cm³/mol. The first-order chi connectivity index (χ1) is 12.0. The number of hydrogen-bond donors (Lipinski definition) is 3. The third kappa shape index (κ3) is 5.37. The topological polar surface area (TPSA) is 114 Å². The lowest BCUT2D eigenvalue weighted by atomic mass is 9.79. The lowest BCUT2D eigenvalue weighted by Gasteiger charge is -2.27. The van der Waals surface area contributed by atoms with Crippen molar-refractivity contribution in [1.82, 2.24) is 10.9 Å². The molecule has 0 radical (unpaired) electrons. The zero-order chi connectivity index (χ0) is 18.2. The molecule has 0 heterocycles. The van der Waals surface area contributed by atoms with E-state index < -0.39 is 29.6 Å². The number of benzene rings is 1. The summed E-state index contributed by atoms with van der Waals surface area (Å²) < 4.78 is 10.3. The lowest BCUT2D eigenvalue weighted by Crippen LogP contribution is -2.49. The number of carbonyl (C=O) groups excluding carboxylic acids is 2. The minimum absolute atomic E-state index is 0.278. The van der Waals surface area contributed by atoms with E-state index in [1.54, 1.807) is 31.4 Å². The highest BCUT2D eigenvalue weighted by Crippen LogP contribution is 2.30. The normalized spacial score (nSPS) is 19.6. The van der Waals surface area contributed by atoms with E-state index in [0.29, 0.717) is 24.3 Å². The molecule has 0 bridgehead atoms.